The Kier molecular flexibility index (Phi) is 6.33. The van der Waals surface area contributed by atoms with Gasteiger partial charge in [-0.2, -0.15) is 0 Å². The van der Waals surface area contributed by atoms with Crippen molar-refractivity contribution in [1.29, 1.82) is 0 Å². The third-order valence-electron chi connectivity index (χ3n) is 3.36. The van der Waals surface area contributed by atoms with E-state index in [1.807, 2.05) is 6.26 Å². The average Bonchev–Trinajstić information content (AvgIpc) is 2.60. The standard InChI is InChI=1S/C17H19NO5S2/c1-3-23-16-7-5-4-6-15(16)18(12-17(19)20)25(21,22)14-10-8-13(24-2)9-11-14/h4-11H,3,12H2,1-2H3,(H,19,20). The molecule has 25 heavy (non-hydrogen) atoms. The molecule has 0 saturated carbocycles. The van der Waals surface area contributed by atoms with Crippen molar-refractivity contribution >= 4 is 33.4 Å². The fourth-order valence-electron chi connectivity index (χ4n) is 2.24. The molecule has 6 nitrogen and oxygen atoms in total. The van der Waals surface area contributed by atoms with Crippen molar-refractivity contribution in [2.75, 3.05) is 23.7 Å². The van der Waals surface area contributed by atoms with Crippen LogP contribution in [-0.2, 0) is 14.8 Å². The van der Waals surface area contributed by atoms with Crippen LogP contribution in [0.25, 0.3) is 0 Å². The predicted molar refractivity (Wildman–Crippen MR) is 98.0 cm³/mol. The summed E-state index contributed by atoms with van der Waals surface area (Å²) in [6.07, 6.45) is 1.89. The topological polar surface area (TPSA) is 83.9 Å². The van der Waals surface area contributed by atoms with Gasteiger partial charge in [0.05, 0.1) is 17.2 Å². The van der Waals surface area contributed by atoms with Crippen LogP contribution in [0, 0.1) is 0 Å². The van der Waals surface area contributed by atoms with Gasteiger partial charge in [-0.1, -0.05) is 12.1 Å². The summed E-state index contributed by atoms with van der Waals surface area (Å²) >= 11 is 1.49. The van der Waals surface area contributed by atoms with E-state index in [1.54, 1.807) is 37.3 Å². The van der Waals surface area contributed by atoms with Crippen LogP contribution in [-0.4, -0.2) is 38.9 Å². The quantitative estimate of drug-likeness (QED) is 0.708. The van der Waals surface area contributed by atoms with E-state index in [0.717, 1.165) is 9.20 Å². The van der Waals surface area contributed by atoms with Crippen LogP contribution in [0.15, 0.2) is 58.3 Å². The molecule has 8 heteroatoms. The average molecular weight is 381 g/mol. The Balaban J connectivity index is 2.54. The second kappa shape index (κ2) is 8.26. The Morgan fingerprint density at radius 2 is 1.80 bits per heavy atom. The van der Waals surface area contributed by atoms with Crippen molar-refractivity contribution in [2.24, 2.45) is 0 Å². The highest BCUT2D eigenvalue weighted by atomic mass is 32.2. The number of para-hydroxylation sites is 2. The van der Waals surface area contributed by atoms with E-state index in [2.05, 4.69) is 0 Å². The van der Waals surface area contributed by atoms with Gasteiger partial charge in [0.25, 0.3) is 10.0 Å². The first-order chi connectivity index (χ1) is 11.9. The predicted octanol–water partition coefficient (Wildman–Crippen LogP) is 3.09. The molecule has 0 unspecified atom stereocenters. The molecule has 0 saturated heterocycles. The van der Waals surface area contributed by atoms with E-state index in [4.69, 9.17) is 4.74 Å². The van der Waals surface area contributed by atoms with Crippen molar-refractivity contribution in [3.8, 4) is 5.75 Å². The number of ether oxygens (including phenoxy) is 1. The molecule has 1 N–H and O–H groups in total. The van der Waals surface area contributed by atoms with E-state index >= 15 is 0 Å². The van der Waals surface area contributed by atoms with Crippen LogP contribution >= 0.6 is 11.8 Å². The Bertz CT molecular complexity index is 834. The zero-order chi connectivity index (χ0) is 18.4. The summed E-state index contributed by atoms with van der Waals surface area (Å²) in [6.45, 7) is 1.41. The van der Waals surface area contributed by atoms with Gasteiger partial charge in [-0.15, -0.1) is 11.8 Å². The molecule has 0 aromatic heterocycles. The molecule has 134 valence electrons. The third kappa shape index (κ3) is 4.46. The molecule has 2 aromatic carbocycles. The molecule has 0 aliphatic heterocycles. The van der Waals surface area contributed by atoms with Crippen molar-refractivity contribution in [3.05, 3.63) is 48.5 Å². The van der Waals surface area contributed by atoms with Crippen molar-refractivity contribution in [1.82, 2.24) is 0 Å². The molecule has 0 spiro atoms. The molecular formula is C17H19NO5S2. The number of carboxylic acid groups (broad SMARTS) is 1. The zero-order valence-electron chi connectivity index (χ0n) is 13.9. The summed E-state index contributed by atoms with van der Waals surface area (Å²) < 4.78 is 32.4. The summed E-state index contributed by atoms with van der Waals surface area (Å²) in [5.41, 5.74) is 0.195. The fraction of sp³-hybridized carbons (Fsp3) is 0.235. The van der Waals surface area contributed by atoms with Crippen LogP contribution in [0.4, 0.5) is 5.69 Å². The Morgan fingerprint density at radius 3 is 2.36 bits per heavy atom. The van der Waals surface area contributed by atoms with Crippen molar-refractivity contribution < 1.29 is 23.1 Å². The van der Waals surface area contributed by atoms with E-state index in [0.29, 0.717) is 12.4 Å². The number of rotatable bonds is 8. The van der Waals surface area contributed by atoms with Crippen LogP contribution in [0.2, 0.25) is 0 Å². The van der Waals surface area contributed by atoms with Gasteiger partial charge in [-0.25, -0.2) is 8.42 Å². The Morgan fingerprint density at radius 1 is 1.16 bits per heavy atom. The minimum absolute atomic E-state index is 0.0258. The smallest absolute Gasteiger partial charge is 0.324 e. The molecule has 0 aliphatic carbocycles. The molecule has 0 aliphatic rings. The number of nitrogens with zero attached hydrogens (tertiary/aromatic N) is 1. The van der Waals surface area contributed by atoms with Crippen LogP contribution in [0.1, 0.15) is 6.92 Å². The molecule has 2 rings (SSSR count). The number of carbonyl (C=O) groups is 1. The molecule has 0 atom stereocenters. The van der Waals surface area contributed by atoms with Gasteiger partial charge in [0.2, 0.25) is 0 Å². The summed E-state index contributed by atoms with van der Waals surface area (Å²) in [5, 5.41) is 9.21. The summed E-state index contributed by atoms with van der Waals surface area (Å²) in [4.78, 5) is 12.2. The lowest BCUT2D eigenvalue weighted by Gasteiger charge is -2.24. The number of aliphatic carboxylic acids is 1. The number of carboxylic acids is 1. The third-order valence-corrected chi connectivity index (χ3v) is 5.88. The van der Waals surface area contributed by atoms with Gasteiger partial charge in [0.15, 0.2) is 0 Å². The highest BCUT2D eigenvalue weighted by molar-refractivity contribution is 7.98. The minimum atomic E-state index is -4.05. The molecule has 0 amide bonds. The number of hydrogen-bond acceptors (Lipinski definition) is 5. The first-order valence-corrected chi connectivity index (χ1v) is 10.2. The maximum absolute atomic E-state index is 13.0. The van der Waals surface area contributed by atoms with Gasteiger partial charge < -0.3 is 9.84 Å². The number of sulfonamides is 1. The maximum atomic E-state index is 13.0. The maximum Gasteiger partial charge on any atom is 0.324 e. The van der Waals surface area contributed by atoms with Crippen molar-refractivity contribution in [2.45, 2.75) is 16.7 Å². The zero-order valence-corrected chi connectivity index (χ0v) is 15.5. The summed E-state index contributed by atoms with van der Waals surface area (Å²) in [7, 11) is -4.05. The van der Waals surface area contributed by atoms with Crippen molar-refractivity contribution in [3.63, 3.8) is 0 Å². The van der Waals surface area contributed by atoms with Gasteiger partial charge in [-0.3, -0.25) is 9.10 Å². The molecular weight excluding hydrogens is 362 g/mol. The largest absolute Gasteiger partial charge is 0.492 e. The first kappa shape index (κ1) is 19.1. The molecule has 0 heterocycles. The van der Waals surface area contributed by atoms with Gasteiger partial charge >= 0.3 is 5.97 Å². The van der Waals surface area contributed by atoms with E-state index < -0.39 is 22.5 Å². The number of anilines is 1. The highest BCUT2D eigenvalue weighted by Gasteiger charge is 2.29. The molecule has 2 aromatic rings. The van der Waals surface area contributed by atoms with Crippen LogP contribution in [0.5, 0.6) is 5.75 Å². The molecule has 0 radical (unpaired) electrons. The fourth-order valence-corrected chi connectivity index (χ4v) is 4.07. The van der Waals surface area contributed by atoms with E-state index in [1.165, 1.54) is 30.0 Å². The summed E-state index contributed by atoms with van der Waals surface area (Å²) in [6, 6.07) is 12.8. The minimum Gasteiger partial charge on any atom is -0.492 e. The normalized spacial score (nSPS) is 11.1. The monoisotopic (exact) mass is 381 g/mol. The number of hydrogen-bond donors (Lipinski definition) is 1. The Labute approximate surface area is 151 Å². The number of benzene rings is 2. The van der Waals surface area contributed by atoms with Gasteiger partial charge in [0, 0.05) is 4.90 Å². The second-order valence-electron chi connectivity index (χ2n) is 4.98. The Hall–Kier alpha value is -2.19. The van der Waals surface area contributed by atoms with Gasteiger partial charge in [0.1, 0.15) is 12.3 Å². The summed E-state index contributed by atoms with van der Waals surface area (Å²) in [5.74, 6) is -0.939. The second-order valence-corrected chi connectivity index (χ2v) is 7.72. The SMILES string of the molecule is CCOc1ccccc1N(CC(=O)O)S(=O)(=O)c1ccc(SC)cc1. The van der Waals surface area contributed by atoms with Crippen LogP contribution < -0.4 is 9.04 Å². The van der Waals surface area contributed by atoms with E-state index in [-0.39, 0.29) is 10.6 Å². The first-order valence-electron chi connectivity index (χ1n) is 7.50. The lowest BCUT2D eigenvalue weighted by molar-refractivity contribution is -0.135. The van der Waals surface area contributed by atoms with E-state index in [9.17, 15) is 18.3 Å². The molecule has 0 bridgehead atoms. The highest BCUT2D eigenvalue weighted by Crippen LogP contribution is 2.32. The van der Waals surface area contributed by atoms with Gasteiger partial charge in [-0.05, 0) is 49.6 Å². The number of thioether (sulfide) groups is 1. The lowest BCUT2D eigenvalue weighted by atomic mass is 10.3. The molecule has 0 fully saturated rings. The lowest BCUT2D eigenvalue weighted by Crippen LogP contribution is -2.36. The van der Waals surface area contributed by atoms with Crippen LogP contribution in [0.3, 0.4) is 0 Å².